The second-order valence-electron chi connectivity index (χ2n) is 7.86. The SMILES string of the molecule is C/C=C(\C)CN1CC[C@@]2(CCCN(Cc3cccc(OC)c3OC)C2=O)C1. The Morgan fingerprint density at radius 1 is 1.22 bits per heavy atom. The van der Waals surface area contributed by atoms with Gasteiger partial charge in [0, 0.05) is 31.7 Å². The second kappa shape index (κ2) is 8.34. The monoisotopic (exact) mass is 372 g/mol. The molecule has 5 heteroatoms. The van der Waals surface area contributed by atoms with Gasteiger partial charge in [-0.15, -0.1) is 0 Å². The summed E-state index contributed by atoms with van der Waals surface area (Å²) in [5.74, 6) is 1.74. The topological polar surface area (TPSA) is 42.0 Å². The van der Waals surface area contributed by atoms with E-state index in [1.54, 1.807) is 14.2 Å². The number of rotatable bonds is 6. The summed E-state index contributed by atoms with van der Waals surface area (Å²) in [6.45, 7) is 8.49. The zero-order chi connectivity index (χ0) is 19.4. The molecule has 1 aromatic carbocycles. The molecule has 0 radical (unpaired) electrons. The summed E-state index contributed by atoms with van der Waals surface area (Å²) in [6.07, 6.45) is 5.20. The summed E-state index contributed by atoms with van der Waals surface area (Å²) >= 11 is 0. The number of likely N-dealkylation sites (tertiary alicyclic amines) is 2. The van der Waals surface area contributed by atoms with Crippen LogP contribution in [0.5, 0.6) is 11.5 Å². The van der Waals surface area contributed by atoms with Crippen LogP contribution in [-0.2, 0) is 11.3 Å². The minimum atomic E-state index is -0.210. The first kappa shape index (κ1) is 19.7. The molecule has 27 heavy (non-hydrogen) atoms. The number of hydrogen-bond donors (Lipinski definition) is 0. The Bertz CT molecular complexity index is 716. The van der Waals surface area contributed by atoms with Crippen LogP contribution in [0.2, 0.25) is 0 Å². The van der Waals surface area contributed by atoms with E-state index in [-0.39, 0.29) is 5.41 Å². The van der Waals surface area contributed by atoms with Crippen molar-refractivity contribution >= 4 is 5.91 Å². The Balaban J connectivity index is 1.75. The first-order valence-corrected chi connectivity index (χ1v) is 9.86. The van der Waals surface area contributed by atoms with Crippen LogP contribution in [0.25, 0.3) is 0 Å². The van der Waals surface area contributed by atoms with E-state index < -0.39 is 0 Å². The number of piperidine rings is 1. The molecule has 2 heterocycles. The van der Waals surface area contributed by atoms with Crippen molar-refractivity contribution < 1.29 is 14.3 Å². The maximum Gasteiger partial charge on any atom is 0.230 e. The average Bonchev–Trinajstić information content (AvgIpc) is 3.08. The molecule has 1 amide bonds. The van der Waals surface area contributed by atoms with Crippen LogP contribution < -0.4 is 9.47 Å². The number of carbonyl (C=O) groups excluding carboxylic acids is 1. The average molecular weight is 373 g/mol. The van der Waals surface area contributed by atoms with Crippen molar-refractivity contribution in [1.82, 2.24) is 9.80 Å². The fraction of sp³-hybridized carbons (Fsp3) is 0.591. The predicted octanol–water partition coefficient (Wildman–Crippen LogP) is 3.48. The largest absolute Gasteiger partial charge is 0.493 e. The van der Waals surface area contributed by atoms with Crippen molar-refractivity contribution in [2.75, 3.05) is 40.4 Å². The molecule has 0 aliphatic carbocycles. The molecule has 1 aromatic rings. The van der Waals surface area contributed by atoms with E-state index in [1.165, 1.54) is 5.57 Å². The van der Waals surface area contributed by atoms with Crippen LogP contribution >= 0.6 is 0 Å². The highest BCUT2D eigenvalue weighted by atomic mass is 16.5. The number of benzene rings is 1. The van der Waals surface area contributed by atoms with Crippen molar-refractivity contribution in [3.05, 3.63) is 35.4 Å². The van der Waals surface area contributed by atoms with Gasteiger partial charge in [0.1, 0.15) is 0 Å². The number of para-hydroxylation sites is 1. The molecule has 3 rings (SSSR count). The van der Waals surface area contributed by atoms with Crippen LogP contribution in [0.3, 0.4) is 0 Å². The van der Waals surface area contributed by atoms with Gasteiger partial charge in [-0.2, -0.15) is 0 Å². The molecule has 2 saturated heterocycles. The number of amides is 1. The highest BCUT2D eigenvalue weighted by molar-refractivity contribution is 5.84. The molecule has 0 saturated carbocycles. The standard InChI is InChI=1S/C22H32N2O3/c1-5-17(2)14-23-13-11-22(16-23)10-7-12-24(21(22)25)15-18-8-6-9-19(26-3)20(18)27-4/h5-6,8-9H,7,10-16H2,1-4H3/b17-5+/t22-/m0/s1. The van der Waals surface area contributed by atoms with E-state index in [9.17, 15) is 4.79 Å². The van der Waals surface area contributed by atoms with Crippen molar-refractivity contribution in [1.29, 1.82) is 0 Å². The normalized spacial score (nSPS) is 23.9. The third kappa shape index (κ3) is 3.98. The molecular formula is C22H32N2O3. The summed E-state index contributed by atoms with van der Waals surface area (Å²) in [6, 6.07) is 5.87. The lowest BCUT2D eigenvalue weighted by Crippen LogP contribution is -2.49. The van der Waals surface area contributed by atoms with Gasteiger partial charge in [-0.05, 0) is 45.7 Å². The van der Waals surface area contributed by atoms with Gasteiger partial charge in [0.05, 0.1) is 19.6 Å². The summed E-state index contributed by atoms with van der Waals surface area (Å²) in [4.78, 5) is 17.9. The van der Waals surface area contributed by atoms with Gasteiger partial charge in [-0.1, -0.05) is 23.8 Å². The van der Waals surface area contributed by atoms with E-state index in [4.69, 9.17) is 9.47 Å². The Morgan fingerprint density at radius 3 is 2.74 bits per heavy atom. The fourth-order valence-electron chi connectivity index (χ4n) is 4.50. The van der Waals surface area contributed by atoms with E-state index in [0.29, 0.717) is 18.2 Å². The zero-order valence-electron chi connectivity index (χ0n) is 17.1. The number of carbonyl (C=O) groups is 1. The number of methoxy groups -OCH3 is 2. The first-order valence-electron chi connectivity index (χ1n) is 9.86. The molecule has 0 aromatic heterocycles. The lowest BCUT2D eigenvalue weighted by Gasteiger charge is -2.39. The number of nitrogens with zero attached hydrogens (tertiary/aromatic N) is 2. The van der Waals surface area contributed by atoms with Crippen LogP contribution in [0.4, 0.5) is 0 Å². The minimum Gasteiger partial charge on any atom is -0.493 e. The summed E-state index contributed by atoms with van der Waals surface area (Å²) in [7, 11) is 3.29. The summed E-state index contributed by atoms with van der Waals surface area (Å²) < 4.78 is 11.0. The number of hydrogen-bond acceptors (Lipinski definition) is 4. The van der Waals surface area contributed by atoms with Gasteiger partial charge in [-0.3, -0.25) is 9.69 Å². The van der Waals surface area contributed by atoms with Gasteiger partial charge in [-0.25, -0.2) is 0 Å². The maximum absolute atomic E-state index is 13.4. The maximum atomic E-state index is 13.4. The van der Waals surface area contributed by atoms with Crippen molar-refractivity contribution in [3.63, 3.8) is 0 Å². The molecule has 2 aliphatic heterocycles. The van der Waals surface area contributed by atoms with E-state index in [2.05, 4.69) is 24.8 Å². The lowest BCUT2D eigenvalue weighted by atomic mass is 9.78. The second-order valence-corrected chi connectivity index (χ2v) is 7.86. The van der Waals surface area contributed by atoms with Crippen molar-refractivity contribution in [2.45, 2.75) is 39.7 Å². The molecule has 0 unspecified atom stereocenters. The Hall–Kier alpha value is -2.01. The quantitative estimate of drug-likeness (QED) is 0.717. The molecule has 0 bridgehead atoms. The molecule has 148 valence electrons. The van der Waals surface area contributed by atoms with Gasteiger partial charge >= 0.3 is 0 Å². The summed E-state index contributed by atoms with van der Waals surface area (Å²) in [5.41, 5.74) is 2.16. The van der Waals surface area contributed by atoms with Gasteiger partial charge in [0.2, 0.25) is 5.91 Å². The third-order valence-electron chi connectivity index (χ3n) is 6.07. The zero-order valence-corrected chi connectivity index (χ0v) is 17.1. The number of allylic oxidation sites excluding steroid dienone is 1. The minimum absolute atomic E-state index is 0.210. The van der Waals surface area contributed by atoms with Gasteiger partial charge in [0.15, 0.2) is 11.5 Å². The Morgan fingerprint density at radius 2 is 2.04 bits per heavy atom. The number of ether oxygens (including phenoxy) is 2. The Labute approximate surface area is 162 Å². The predicted molar refractivity (Wildman–Crippen MR) is 107 cm³/mol. The molecule has 1 spiro atoms. The molecule has 1 atom stereocenters. The van der Waals surface area contributed by atoms with E-state index in [0.717, 1.165) is 56.8 Å². The lowest BCUT2D eigenvalue weighted by molar-refractivity contribution is -0.146. The third-order valence-corrected chi connectivity index (χ3v) is 6.07. The highest BCUT2D eigenvalue weighted by Crippen LogP contribution is 2.41. The molecule has 2 fully saturated rings. The fourth-order valence-corrected chi connectivity index (χ4v) is 4.50. The van der Waals surface area contributed by atoms with Crippen LogP contribution in [0.15, 0.2) is 29.8 Å². The van der Waals surface area contributed by atoms with Crippen LogP contribution in [-0.4, -0.2) is 56.1 Å². The van der Waals surface area contributed by atoms with Crippen LogP contribution in [0.1, 0.15) is 38.7 Å². The van der Waals surface area contributed by atoms with Crippen molar-refractivity contribution in [2.24, 2.45) is 5.41 Å². The molecule has 2 aliphatic rings. The first-order chi connectivity index (χ1) is 13.0. The van der Waals surface area contributed by atoms with Crippen molar-refractivity contribution in [3.8, 4) is 11.5 Å². The van der Waals surface area contributed by atoms with E-state index in [1.807, 2.05) is 23.1 Å². The van der Waals surface area contributed by atoms with Gasteiger partial charge in [0.25, 0.3) is 0 Å². The van der Waals surface area contributed by atoms with Gasteiger partial charge < -0.3 is 14.4 Å². The summed E-state index contributed by atoms with van der Waals surface area (Å²) in [5, 5.41) is 0. The molecular weight excluding hydrogens is 340 g/mol. The highest BCUT2D eigenvalue weighted by Gasteiger charge is 2.48. The molecule has 5 nitrogen and oxygen atoms in total. The molecule has 0 N–H and O–H groups in total. The van der Waals surface area contributed by atoms with E-state index >= 15 is 0 Å². The Kier molecular flexibility index (Phi) is 6.10. The smallest absolute Gasteiger partial charge is 0.230 e. The van der Waals surface area contributed by atoms with Crippen LogP contribution in [0, 0.1) is 5.41 Å².